The minimum absolute atomic E-state index is 0.0350. The molecule has 3 heterocycles. The van der Waals surface area contributed by atoms with E-state index in [1.54, 1.807) is 12.3 Å². The minimum Gasteiger partial charge on any atom is -0.337 e. The number of fused-ring (bicyclic) bond motifs is 1. The van der Waals surface area contributed by atoms with Crippen LogP contribution in [0.5, 0.6) is 0 Å². The Bertz CT molecular complexity index is 885. The first-order valence-corrected chi connectivity index (χ1v) is 7.72. The quantitative estimate of drug-likeness (QED) is 0.752. The summed E-state index contributed by atoms with van der Waals surface area (Å²) in [5.74, 6) is -0.0350. The Labute approximate surface area is 131 Å². The van der Waals surface area contributed by atoms with E-state index >= 15 is 0 Å². The number of hydrogen-bond acceptors (Lipinski definition) is 3. The summed E-state index contributed by atoms with van der Waals surface area (Å²) in [5.41, 5.74) is 2.21. The van der Waals surface area contributed by atoms with Crippen LogP contribution in [-0.2, 0) is 0 Å². The summed E-state index contributed by atoms with van der Waals surface area (Å²) >= 11 is 0. The Kier molecular flexibility index (Phi) is 3.25. The van der Waals surface area contributed by atoms with Crippen LogP contribution in [0.15, 0.2) is 41.3 Å². The van der Waals surface area contributed by atoms with E-state index < -0.39 is 0 Å². The molecular formula is C16H17N5O2. The van der Waals surface area contributed by atoms with Crippen molar-refractivity contribution in [2.75, 3.05) is 13.1 Å². The van der Waals surface area contributed by atoms with E-state index in [0.717, 1.165) is 23.9 Å². The maximum Gasteiger partial charge on any atom is 0.326 e. The number of rotatable bonds is 2. The number of piperidine rings is 1. The highest BCUT2D eigenvalue weighted by molar-refractivity contribution is 5.92. The highest BCUT2D eigenvalue weighted by Crippen LogP contribution is 2.25. The first-order chi connectivity index (χ1) is 11.2. The number of para-hydroxylation sites is 2. The van der Waals surface area contributed by atoms with Gasteiger partial charge in [-0.2, -0.15) is 5.10 Å². The largest absolute Gasteiger partial charge is 0.337 e. The van der Waals surface area contributed by atoms with Gasteiger partial charge in [-0.05, 0) is 31.0 Å². The van der Waals surface area contributed by atoms with Crippen LogP contribution in [0.2, 0.25) is 0 Å². The van der Waals surface area contributed by atoms with E-state index in [4.69, 9.17) is 0 Å². The number of benzene rings is 1. The second-order valence-electron chi connectivity index (χ2n) is 5.81. The van der Waals surface area contributed by atoms with Crippen LogP contribution in [-0.4, -0.2) is 43.6 Å². The Morgan fingerprint density at radius 3 is 2.70 bits per heavy atom. The molecule has 2 N–H and O–H groups in total. The Morgan fingerprint density at radius 1 is 1.17 bits per heavy atom. The molecule has 0 radical (unpaired) electrons. The van der Waals surface area contributed by atoms with Gasteiger partial charge in [0.1, 0.15) is 5.69 Å². The molecule has 0 spiro atoms. The van der Waals surface area contributed by atoms with Gasteiger partial charge in [-0.1, -0.05) is 12.1 Å². The molecule has 0 unspecified atom stereocenters. The Balaban J connectivity index is 1.54. The van der Waals surface area contributed by atoms with Crippen LogP contribution in [0.4, 0.5) is 0 Å². The van der Waals surface area contributed by atoms with Gasteiger partial charge >= 0.3 is 5.69 Å². The van der Waals surface area contributed by atoms with E-state index in [9.17, 15) is 9.59 Å². The molecule has 1 aliphatic rings. The zero-order valence-corrected chi connectivity index (χ0v) is 12.5. The second kappa shape index (κ2) is 5.42. The van der Waals surface area contributed by atoms with E-state index in [-0.39, 0.29) is 17.6 Å². The average molecular weight is 311 g/mol. The number of carbonyl (C=O) groups is 1. The third-order valence-electron chi connectivity index (χ3n) is 4.47. The Hall–Kier alpha value is -2.83. The predicted molar refractivity (Wildman–Crippen MR) is 85.3 cm³/mol. The van der Waals surface area contributed by atoms with Crippen LogP contribution in [0, 0.1) is 0 Å². The van der Waals surface area contributed by atoms with Gasteiger partial charge in [0.25, 0.3) is 5.91 Å². The number of amides is 1. The molecule has 7 heteroatoms. The van der Waals surface area contributed by atoms with E-state index in [1.165, 1.54) is 0 Å². The average Bonchev–Trinajstić information content (AvgIpc) is 3.21. The molecule has 1 saturated heterocycles. The molecule has 1 fully saturated rings. The van der Waals surface area contributed by atoms with Crippen LogP contribution in [0.25, 0.3) is 11.0 Å². The maximum absolute atomic E-state index is 12.3. The number of nitrogens with one attached hydrogen (secondary N) is 2. The molecule has 0 saturated carbocycles. The van der Waals surface area contributed by atoms with Crippen molar-refractivity contribution in [3.63, 3.8) is 0 Å². The molecule has 2 aromatic heterocycles. The summed E-state index contributed by atoms with van der Waals surface area (Å²) in [6.45, 7) is 1.27. The van der Waals surface area contributed by atoms with Crippen molar-refractivity contribution in [2.45, 2.75) is 18.9 Å². The van der Waals surface area contributed by atoms with Crippen molar-refractivity contribution >= 4 is 16.9 Å². The molecule has 1 aliphatic heterocycles. The zero-order valence-electron chi connectivity index (χ0n) is 12.5. The third kappa shape index (κ3) is 2.34. The first-order valence-electron chi connectivity index (χ1n) is 7.72. The molecule has 1 aromatic carbocycles. The molecule has 0 bridgehead atoms. The number of imidazole rings is 1. The van der Waals surface area contributed by atoms with Crippen molar-refractivity contribution in [3.8, 4) is 0 Å². The number of carbonyl (C=O) groups excluding carboxylic acids is 1. The smallest absolute Gasteiger partial charge is 0.326 e. The number of aromatic amines is 2. The predicted octanol–water partition coefficient (Wildman–Crippen LogP) is 1.53. The molecular weight excluding hydrogens is 294 g/mol. The topological polar surface area (TPSA) is 86.8 Å². The van der Waals surface area contributed by atoms with Crippen LogP contribution in [0.3, 0.4) is 0 Å². The lowest BCUT2D eigenvalue weighted by atomic mass is 10.0. The third-order valence-corrected chi connectivity index (χ3v) is 4.47. The molecule has 4 rings (SSSR count). The fourth-order valence-corrected chi connectivity index (χ4v) is 3.31. The minimum atomic E-state index is -0.0791. The van der Waals surface area contributed by atoms with Gasteiger partial charge in [0, 0.05) is 25.3 Å². The number of H-pyrrole nitrogens is 2. The van der Waals surface area contributed by atoms with Gasteiger partial charge in [-0.3, -0.25) is 14.5 Å². The van der Waals surface area contributed by atoms with Gasteiger partial charge in [-0.15, -0.1) is 0 Å². The molecule has 3 aromatic rings. The fraction of sp³-hybridized carbons (Fsp3) is 0.312. The highest BCUT2D eigenvalue weighted by Gasteiger charge is 2.26. The molecule has 0 atom stereocenters. The summed E-state index contributed by atoms with van der Waals surface area (Å²) in [6, 6.07) is 9.50. The highest BCUT2D eigenvalue weighted by atomic mass is 16.2. The van der Waals surface area contributed by atoms with Crippen LogP contribution < -0.4 is 5.69 Å². The number of aromatic nitrogens is 4. The lowest BCUT2D eigenvalue weighted by Crippen LogP contribution is -2.40. The number of hydrogen-bond donors (Lipinski definition) is 2. The number of nitrogens with zero attached hydrogens (tertiary/aromatic N) is 3. The van der Waals surface area contributed by atoms with Crippen molar-refractivity contribution in [1.29, 1.82) is 0 Å². The lowest BCUT2D eigenvalue weighted by molar-refractivity contribution is 0.0689. The SMILES string of the molecule is O=C(c1ccn[nH]1)N1CCC(n2c(=O)[nH]c3ccccc32)CC1. The fourth-order valence-electron chi connectivity index (χ4n) is 3.31. The van der Waals surface area contributed by atoms with Crippen molar-refractivity contribution in [1.82, 2.24) is 24.6 Å². The summed E-state index contributed by atoms with van der Waals surface area (Å²) in [5, 5.41) is 6.52. The monoisotopic (exact) mass is 311 g/mol. The second-order valence-corrected chi connectivity index (χ2v) is 5.81. The summed E-state index contributed by atoms with van der Waals surface area (Å²) in [6.07, 6.45) is 3.11. The first kappa shape index (κ1) is 13.8. The van der Waals surface area contributed by atoms with Crippen LogP contribution in [0.1, 0.15) is 29.4 Å². The number of likely N-dealkylation sites (tertiary alicyclic amines) is 1. The maximum atomic E-state index is 12.3. The van der Waals surface area contributed by atoms with Gasteiger partial charge in [0.2, 0.25) is 0 Å². The normalized spacial score (nSPS) is 16.1. The van der Waals surface area contributed by atoms with Gasteiger partial charge in [0.05, 0.1) is 11.0 Å². The lowest BCUT2D eigenvalue weighted by Gasteiger charge is -2.32. The van der Waals surface area contributed by atoms with E-state index in [1.807, 2.05) is 33.7 Å². The molecule has 7 nitrogen and oxygen atoms in total. The van der Waals surface area contributed by atoms with Crippen molar-refractivity contribution < 1.29 is 4.79 Å². The van der Waals surface area contributed by atoms with Gasteiger partial charge < -0.3 is 9.88 Å². The van der Waals surface area contributed by atoms with Gasteiger partial charge in [0.15, 0.2) is 0 Å². The summed E-state index contributed by atoms with van der Waals surface area (Å²) in [7, 11) is 0. The van der Waals surface area contributed by atoms with Crippen LogP contribution >= 0.6 is 0 Å². The summed E-state index contributed by atoms with van der Waals surface area (Å²) in [4.78, 5) is 29.3. The molecule has 23 heavy (non-hydrogen) atoms. The molecule has 0 aliphatic carbocycles. The van der Waals surface area contributed by atoms with E-state index in [0.29, 0.717) is 18.8 Å². The van der Waals surface area contributed by atoms with Gasteiger partial charge in [-0.25, -0.2) is 4.79 Å². The van der Waals surface area contributed by atoms with Crippen molar-refractivity contribution in [2.24, 2.45) is 0 Å². The zero-order chi connectivity index (χ0) is 15.8. The van der Waals surface area contributed by atoms with Crippen molar-refractivity contribution in [3.05, 3.63) is 52.7 Å². The standard InChI is InChI=1S/C16H17N5O2/c22-15(13-5-8-17-19-13)20-9-6-11(7-10-20)21-14-4-2-1-3-12(14)18-16(21)23/h1-5,8,11H,6-7,9-10H2,(H,17,19)(H,18,23). The van der Waals surface area contributed by atoms with E-state index in [2.05, 4.69) is 15.2 Å². The summed E-state index contributed by atoms with van der Waals surface area (Å²) < 4.78 is 1.83. The molecule has 118 valence electrons. The Morgan fingerprint density at radius 2 is 1.96 bits per heavy atom. The molecule has 1 amide bonds.